The lowest BCUT2D eigenvalue weighted by Gasteiger charge is -2.12. The Morgan fingerprint density at radius 1 is 0.957 bits per heavy atom. The van der Waals surface area contributed by atoms with Gasteiger partial charge in [-0.15, -0.1) is 0 Å². The van der Waals surface area contributed by atoms with Crippen LogP contribution >= 0.6 is 0 Å². The van der Waals surface area contributed by atoms with Crippen LogP contribution < -0.4 is 15.4 Å². The average molecular weight is 312 g/mol. The van der Waals surface area contributed by atoms with Crippen molar-refractivity contribution in [2.75, 3.05) is 17.2 Å². The number of para-hydroxylation sites is 2. The number of benzene rings is 2. The molecule has 0 aliphatic carbocycles. The van der Waals surface area contributed by atoms with Crippen molar-refractivity contribution in [2.24, 2.45) is 0 Å². The maximum atomic E-state index is 12.0. The SMILES string of the molecule is CCc1ccc(OCC(=O)Nc2ccccc2NC(C)=O)cc1. The highest BCUT2D eigenvalue weighted by Crippen LogP contribution is 2.21. The van der Waals surface area contributed by atoms with Crippen LogP contribution in [0.5, 0.6) is 5.75 Å². The number of nitrogens with one attached hydrogen (secondary N) is 2. The molecule has 0 fully saturated rings. The molecule has 120 valence electrons. The van der Waals surface area contributed by atoms with Gasteiger partial charge in [0.2, 0.25) is 5.91 Å². The second-order valence-electron chi connectivity index (χ2n) is 5.06. The van der Waals surface area contributed by atoms with Crippen LogP contribution in [0.4, 0.5) is 11.4 Å². The Morgan fingerprint density at radius 3 is 2.13 bits per heavy atom. The Balaban J connectivity index is 1.93. The van der Waals surface area contributed by atoms with Gasteiger partial charge in [-0.2, -0.15) is 0 Å². The van der Waals surface area contributed by atoms with Crippen LogP contribution in [0.1, 0.15) is 19.4 Å². The monoisotopic (exact) mass is 312 g/mol. The van der Waals surface area contributed by atoms with Gasteiger partial charge < -0.3 is 15.4 Å². The molecule has 2 amide bonds. The Kier molecular flexibility index (Phi) is 5.74. The minimum atomic E-state index is -0.289. The first-order chi connectivity index (χ1) is 11.1. The van der Waals surface area contributed by atoms with E-state index in [2.05, 4.69) is 17.6 Å². The van der Waals surface area contributed by atoms with Gasteiger partial charge in [-0.05, 0) is 36.2 Å². The Bertz CT molecular complexity index is 681. The first-order valence-corrected chi connectivity index (χ1v) is 7.46. The van der Waals surface area contributed by atoms with Crippen molar-refractivity contribution in [2.45, 2.75) is 20.3 Å². The lowest BCUT2D eigenvalue weighted by molar-refractivity contribution is -0.118. The molecular formula is C18H20N2O3. The summed E-state index contributed by atoms with van der Waals surface area (Å²) in [5.41, 5.74) is 2.31. The highest BCUT2D eigenvalue weighted by atomic mass is 16.5. The highest BCUT2D eigenvalue weighted by Gasteiger charge is 2.08. The van der Waals surface area contributed by atoms with Gasteiger partial charge in [0.05, 0.1) is 11.4 Å². The maximum Gasteiger partial charge on any atom is 0.262 e. The summed E-state index contributed by atoms with van der Waals surface area (Å²) in [6, 6.07) is 14.6. The molecule has 0 aliphatic rings. The zero-order chi connectivity index (χ0) is 16.7. The molecule has 0 spiro atoms. The lowest BCUT2D eigenvalue weighted by atomic mass is 10.2. The van der Waals surface area contributed by atoms with Crippen molar-refractivity contribution < 1.29 is 14.3 Å². The molecular weight excluding hydrogens is 292 g/mol. The maximum absolute atomic E-state index is 12.0. The lowest BCUT2D eigenvalue weighted by Crippen LogP contribution is -2.21. The fourth-order valence-electron chi connectivity index (χ4n) is 2.05. The van der Waals surface area contributed by atoms with E-state index in [1.54, 1.807) is 24.3 Å². The zero-order valence-electron chi connectivity index (χ0n) is 13.3. The summed E-state index contributed by atoms with van der Waals surface area (Å²) in [6.07, 6.45) is 0.959. The third-order valence-corrected chi connectivity index (χ3v) is 3.21. The molecule has 2 aromatic carbocycles. The van der Waals surface area contributed by atoms with Crippen molar-refractivity contribution in [3.05, 3.63) is 54.1 Å². The molecule has 0 radical (unpaired) electrons. The number of amides is 2. The molecule has 2 N–H and O–H groups in total. The van der Waals surface area contributed by atoms with E-state index in [1.807, 2.05) is 24.3 Å². The van der Waals surface area contributed by atoms with E-state index in [0.29, 0.717) is 17.1 Å². The molecule has 0 aromatic heterocycles. The number of anilines is 2. The predicted octanol–water partition coefficient (Wildman–Crippen LogP) is 3.22. The Labute approximate surface area is 135 Å². The summed E-state index contributed by atoms with van der Waals surface area (Å²) in [5.74, 6) is 0.161. The normalized spacial score (nSPS) is 10.0. The summed E-state index contributed by atoms with van der Waals surface area (Å²) in [6.45, 7) is 3.40. The Morgan fingerprint density at radius 2 is 1.57 bits per heavy atom. The van der Waals surface area contributed by atoms with Crippen molar-refractivity contribution in [1.29, 1.82) is 0 Å². The minimum Gasteiger partial charge on any atom is -0.484 e. The minimum absolute atomic E-state index is 0.0973. The van der Waals surface area contributed by atoms with Gasteiger partial charge in [0.1, 0.15) is 5.75 Å². The van der Waals surface area contributed by atoms with Crippen LogP contribution in [0.25, 0.3) is 0 Å². The van der Waals surface area contributed by atoms with E-state index in [4.69, 9.17) is 4.74 Å². The van der Waals surface area contributed by atoms with E-state index in [0.717, 1.165) is 6.42 Å². The standard InChI is InChI=1S/C18H20N2O3/c1-3-14-8-10-15(11-9-14)23-12-18(22)20-17-7-5-4-6-16(17)19-13(2)21/h4-11H,3,12H2,1-2H3,(H,19,21)(H,20,22). The Hall–Kier alpha value is -2.82. The third kappa shape index (κ3) is 5.14. The highest BCUT2D eigenvalue weighted by molar-refractivity contribution is 5.99. The van der Waals surface area contributed by atoms with E-state index < -0.39 is 0 Å². The molecule has 0 saturated carbocycles. The van der Waals surface area contributed by atoms with Crippen molar-refractivity contribution in [3.8, 4) is 5.75 Å². The molecule has 0 unspecified atom stereocenters. The van der Waals surface area contributed by atoms with Crippen LogP contribution in [0.3, 0.4) is 0 Å². The van der Waals surface area contributed by atoms with Gasteiger partial charge in [-0.1, -0.05) is 31.2 Å². The molecule has 0 aliphatic heterocycles. The first kappa shape index (κ1) is 16.5. The molecule has 0 atom stereocenters. The second-order valence-corrected chi connectivity index (χ2v) is 5.06. The number of hydrogen-bond acceptors (Lipinski definition) is 3. The topological polar surface area (TPSA) is 67.4 Å². The summed E-state index contributed by atoms with van der Waals surface area (Å²) in [7, 11) is 0. The molecule has 5 nitrogen and oxygen atoms in total. The molecule has 0 heterocycles. The summed E-state index contributed by atoms with van der Waals surface area (Å²) < 4.78 is 5.46. The van der Waals surface area contributed by atoms with E-state index in [-0.39, 0.29) is 18.4 Å². The summed E-state index contributed by atoms with van der Waals surface area (Å²) in [5, 5.41) is 5.40. The van der Waals surface area contributed by atoms with Gasteiger partial charge >= 0.3 is 0 Å². The molecule has 5 heteroatoms. The van der Waals surface area contributed by atoms with Gasteiger partial charge in [0.25, 0.3) is 5.91 Å². The third-order valence-electron chi connectivity index (χ3n) is 3.21. The summed E-state index contributed by atoms with van der Waals surface area (Å²) >= 11 is 0. The largest absolute Gasteiger partial charge is 0.484 e. The molecule has 23 heavy (non-hydrogen) atoms. The number of rotatable bonds is 6. The second kappa shape index (κ2) is 7.98. The van der Waals surface area contributed by atoms with E-state index in [9.17, 15) is 9.59 Å². The van der Waals surface area contributed by atoms with Crippen molar-refractivity contribution in [1.82, 2.24) is 0 Å². The number of hydrogen-bond donors (Lipinski definition) is 2. The number of carbonyl (C=O) groups is 2. The zero-order valence-corrected chi connectivity index (χ0v) is 13.3. The van der Waals surface area contributed by atoms with Crippen LogP contribution in [0.15, 0.2) is 48.5 Å². The van der Waals surface area contributed by atoms with E-state index in [1.165, 1.54) is 12.5 Å². The number of aryl methyl sites for hydroxylation is 1. The molecule has 2 aromatic rings. The predicted molar refractivity (Wildman–Crippen MR) is 90.7 cm³/mol. The van der Waals surface area contributed by atoms with Crippen LogP contribution in [-0.4, -0.2) is 18.4 Å². The van der Waals surface area contributed by atoms with Gasteiger partial charge in [0.15, 0.2) is 6.61 Å². The molecule has 0 bridgehead atoms. The number of ether oxygens (including phenoxy) is 1. The molecule has 2 rings (SSSR count). The van der Waals surface area contributed by atoms with Crippen LogP contribution in [-0.2, 0) is 16.0 Å². The van der Waals surface area contributed by atoms with Crippen molar-refractivity contribution >= 4 is 23.2 Å². The van der Waals surface area contributed by atoms with Crippen molar-refractivity contribution in [3.63, 3.8) is 0 Å². The quantitative estimate of drug-likeness (QED) is 0.860. The number of carbonyl (C=O) groups excluding carboxylic acids is 2. The summed E-state index contributed by atoms with van der Waals surface area (Å²) in [4.78, 5) is 23.2. The van der Waals surface area contributed by atoms with Crippen LogP contribution in [0.2, 0.25) is 0 Å². The average Bonchev–Trinajstić information content (AvgIpc) is 2.55. The molecule has 0 saturated heterocycles. The van der Waals surface area contributed by atoms with Gasteiger partial charge in [0, 0.05) is 6.92 Å². The first-order valence-electron chi connectivity index (χ1n) is 7.46. The fourth-order valence-corrected chi connectivity index (χ4v) is 2.05. The van der Waals surface area contributed by atoms with Gasteiger partial charge in [-0.25, -0.2) is 0 Å². The smallest absolute Gasteiger partial charge is 0.262 e. The van der Waals surface area contributed by atoms with Gasteiger partial charge in [-0.3, -0.25) is 9.59 Å². The van der Waals surface area contributed by atoms with E-state index >= 15 is 0 Å². The van der Waals surface area contributed by atoms with Crippen LogP contribution in [0, 0.1) is 0 Å². The fraction of sp³-hybridized carbons (Fsp3) is 0.222.